The van der Waals surface area contributed by atoms with Gasteiger partial charge in [0.15, 0.2) is 0 Å². The standard InChI is InChI=1S/C11H18O/c1-4-10-5-6-12-11(8-10)7-9(2)3/h5,7,11H,4,6,8H2,1-3H3. The van der Waals surface area contributed by atoms with Crippen LogP contribution in [0.3, 0.4) is 0 Å². The third-order valence-corrected chi connectivity index (χ3v) is 2.12. The lowest BCUT2D eigenvalue weighted by Gasteiger charge is -2.20. The first-order valence-corrected chi connectivity index (χ1v) is 4.67. The summed E-state index contributed by atoms with van der Waals surface area (Å²) in [4.78, 5) is 0. The van der Waals surface area contributed by atoms with Gasteiger partial charge < -0.3 is 4.74 Å². The Labute approximate surface area is 75.1 Å². The molecule has 0 aromatic heterocycles. The van der Waals surface area contributed by atoms with Crippen molar-refractivity contribution in [1.82, 2.24) is 0 Å². The van der Waals surface area contributed by atoms with Crippen molar-refractivity contribution in [2.24, 2.45) is 0 Å². The van der Waals surface area contributed by atoms with E-state index >= 15 is 0 Å². The van der Waals surface area contributed by atoms with E-state index in [9.17, 15) is 0 Å². The maximum absolute atomic E-state index is 5.57. The zero-order valence-electron chi connectivity index (χ0n) is 8.26. The van der Waals surface area contributed by atoms with Crippen LogP contribution in [-0.2, 0) is 4.74 Å². The molecule has 68 valence electrons. The van der Waals surface area contributed by atoms with E-state index in [0.29, 0.717) is 6.10 Å². The lowest BCUT2D eigenvalue weighted by molar-refractivity contribution is 0.0973. The van der Waals surface area contributed by atoms with Gasteiger partial charge in [-0.05, 0) is 26.7 Å². The summed E-state index contributed by atoms with van der Waals surface area (Å²) in [5.74, 6) is 0. The van der Waals surface area contributed by atoms with E-state index in [-0.39, 0.29) is 0 Å². The highest BCUT2D eigenvalue weighted by molar-refractivity contribution is 5.11. The van der Waals surface area contributed by atoms with Crippen molar-refractivity contribution in [1.29, 1.82) is 0 Å². The Morgan fingerprint density at radius 2 is 2.42 bits per heavy atom. The highest BCUT2D eigenvalue weighted by atomic mass is 16.5. The molecule has 0 spiro atoms. The molecule has 12 heavy (non-hydrogen) atoms. The van der Waals surface area contributed by atoms with Gasteiger partial charge in [-0.1, -0.05) is 30.2 Å². The van der Waals surface area contributed by atoms with Gasteiger partial charge in [-0.2, -0.15) is 0 Å². The topological polar surface area (TPSA) is 9.23 Å². The van der Waals surface area contributed by atoms with E-state index in [0.717, 1.165) is 19.4 Å². The van der Waals surface area contributed by atoms with Crippen molar-refractivity contribution in [3.05, 3.63) is 23.3 Å². The summed E-state index contributed by atoms with van der Waals surface area (Å²) < 4.78 is 5.57. The molecular formula is C11H18O. The minimum Gasteiger partial charge on any atom is -0.370 e. The van der Waals surface area contributed by atoms with E-state index in [1.54, 1.807) is 0 Å². The van der Waals surface area contributed by atoms with Crippen LogP contribution in [0.15, 0.2) is 23.3 Å². The second-order valence-electron chi connectivity index (χ2n) is 3.54. The summed E-state index contributed by atoms with van der Waals surface area (Å²) in [6.45, 7) is 7.23. The van der Waals surface area contributed by atoms with E-state index in [4.69, 9.17) is 4.74 Å². The highest BCUT2D eigenvalue weighted by Crippen LogP contribution is 2.18. The zero-order valence-corrected chi connectivity index (χ0v) is 8.26. The molecule has 0 amide bonds. The normalized spacial score (nSPS) is 23.2. The first-order valence-electron chi connectivity index (χ1n) is 4.67. The predicted molar refractivity (Wildman–Crippen MR) is 52.2 cm³/mol. The van der Waals surface area contributed by atoms with Gasteiger partial charge in [0.1, 0.15) is 0 Å². The molecule has 0 saturated heterocycles. The SMILES string of the molecule is CCC1=CCOC(C=C(C)C)C1. The second kappa shape index (κ2) is 4.46. The van der Waals surface area contributed by atoms with Crippen LogP contribution >= 0.6 is 0 Å². The Bertz CT molecular complexity index is 197. The van der Waals surface area contributed by atoms with E-state index < -0.39 is 0 Å². The van der Waals surface area contributed by atoms with E-state index in [1.165, 1.54) is 11.1 Å². The summed E-state index contributed by atoms with van der Waals surface area (Å²) in [5.41, 5.74) is 2.88. The minimum atomic E-state index is 0.329. The van der Waals surface area contributed by atoms with Gasteiger partial charge in [0.25, 0.3) is 0 Å². The summed E-state index contributed by atoms with van der Waals surface area (Å²) in [7, 11) is 0. The van der Waals surface area contributed by atoms with Crippen LogP contribution in [0.5, 0.6) is 0 Å². The van der Waals surface area contributed by atoms with Gasteiger partial charge >= 0.3 is 0 Å². The van der Waals surface area contributed by atoms with Gasteiger partial charge in [0, 0.05) is 0 Å². The van der Waals surface area contributed by atoms with E-state index in [1.807, 2.05) is 0 Å². The van der Waals surface area contributed by atoms with Crippen molar-refractivity contribution in [3.63, 3.8) is 0 Å². The maximum Gasteiger partial charge on any atom is 0.0799 e. The molecule has 0 fully saturated rings. The number of allylic oxidation sites excluding steroid dienone is 1. The molecular weight excluding hydrogens is 148 g/mol. The van der Waals surface area contributed by atoms with Gasteiger partial charge in [0.2, 0.25) is 0 Å². The van der Waals surface area contributed by atoms with Gasteiger partial charge in [-0.25, -0.2) is 0 Å². The van der Waals surface area contributed by atoms with E-state index in [2.05, 4.69) is 32.9 Å². The molecule has 0 N–H and O–H groups in total. The summed E-state index contributed by atoms with van der Waals surface area (Å²) in [6, 6.07) is 0. The number of hydrogen-bond acceptors (Lipinski definition) is 1. The molecule has 1 aliphatic heterocycles. The molecule has 0 bridgehead atoms. The van der Waals surface area contributed by atoms with Gasteiger partial charge in [-0.15, -0.1) is 0 Å². The van der Waals surface area contributed by atoms with Crippen molar-refractivity contribution in [2.45, 2.75) is 39.7 Å². The Balaban J connectivity index is 2.51. The average molecular weight is 166 g/mol. The molecule has 1 unspecified atom stereocenters. The minimum absolute atomic E-state index is 0.329. The van der Waals surface area contributed by atoms with Crippen LogP contribution in [0.25, 0.3) is 0 Å². The maximum atomic E-state index is 5.57. The fourth-order valence-electron chi connectivity index (χ4n) is 1.46. The third-order valence-electron chi connectivity index (χ3n) is 2.12. The molecule has 1 nitrogen and oxygen atoms in total. The number of hydrogen-bond donors (Lipinski definition) is 0. The summed E-state index contributed by atoms with van der Waals surface area (Å²) >= 11 is 0. The molecule has 0 radical (unpaired) electrons. The molecule has 0 aromatic rings. The van der Waals surface area contributed by atoms with Crippen molar-refractivity contribution in [3.8, 4) is 0 Å². The van der Waals surface area contributed by atoms with Crippen molar-refractivity contribution in [2.75, 3.05) is 6.61 Å². The predicted octanol–water partition coefficient (Wildman–Crippen LogP) is 3.08. The Morgan fingerprint density at radius 1 is 1.67 bits per heavy atom. The fourth-order valence-corrected chi connectivity index (χ4v) is 1.46. The molecule has 1 atom stereocenters. The highest BCUT2D eigenvalue weighted by Gasteiger charge is 2.11. The van der Waals surface area contributed by atoms with Crippen LogP contribution in [0.2, 0.25) is 0 Å². The van der Waals surface area contributed by atoms with Crippen LogP contribution < -0.4 is 0 Å². The lowest BCUT2D eigenvalue weighted by Crippen LogP contribution is -2.16. The van der Waals surface area contributed by atoms with Crippen molar-refractivity contribution >= 4 is 0 Å². The molecule has 1 aliphatic rings. The van der Waals surface area contributed by atoms with Crippen LogP contribution in [0.4, 0.5) is 0 Å². The smallest absolute Gasteiger partial charge is 0.0799 e. The lowest BCUT2D eigenvalue weighted by atomic mass is 10.0. The summed E-state index contributed by atoms with van der Waals surface area (Å²) in [6.07, 6.45) is 6.99. The van der Waals surface area contributed by atoms with Crippen molar-refractivity contribution < 1.29 is 4.74 Å². The largest absolute Gasteiger partial charge is 0.370 e. The van der Waals surface area contributed by atoms with Crippen LogP contribution in [-0.4, -0.2) is 12.7 Å². The third kappa shape index (κ3) is 2.82. The first kappa shape index (κ1) is 9.53. The molecule has 1 rings (SSSR count). The Kier molecular flexibility index (Phi) is 3.54. The average Bonchev–Trinajstić information content (AvgIpc) is 2.03. The van der Waals surface area contributed by atoms with Gasteiger partial charge in [0.05, 0.1) is 12.7 Å². The quantitative estimate of drug-likeness (QED) is 0.573. The second-order valence-corrected chi connectivity index (χ2v) is 3.54. The molecule has 0 aliphatic carbocycles. The fraction of sp³-hybridized carbons (Fsp3) is 0.636. The summed E-state index contributed by atoms with van der Waals surface area (Å²) in [5, 5.41) is 0. The monoisotopic (exact) mass is 166 g/mol. The Hall–Kier alpha value is -0.560. The van der Waals surface area contributed by atoms with Crippen LogP contribution in [0.1, 0.15) is 33.6 Å². The molecule has 1 heteroatoms. The Morgan fingerprint density at radius 3 is 3.00 bits per heavy atom. The molecule has 0 saturated carbocycles. The first-order chi connectivity index (χ1) is 5.72. The van der Waals surface area contributed by atoms with Gasteiger partial charge in [-0.3, -0.25) is 0 Å². The molecule has 0 aromatic carbocycles. The number of rotatable bonds is 2. The van der Waals surface area contributed by atoms with Crippen LogP contribution in [0, 0.1) is 0 Å². The zero-order chi connectivity index (χ0) is 8.97. The number of ether oxygens (including phenoxy) is 1. The molecule has 1 heterocycles.